The van der Waals surface area contributed by atoms with E-state index >= 15 is 0 Å². The SMILES string of the molecule is CS(=O)(=O)CC[C@@H](C(=O)Nc1ccc(I)cc1F)N1C(=O)N[C@H](c2ccc(OCCO)cc2)C1=O. The molecule has 10 nitrogen and oxygen atoms in total. The normalized spacial score (nSPS) is 16.7. The summed E-state index contributed by atoms with van der Waals surface area (Å²) in [7, 11) is -3.54. The average Bonchev–Trinajstić information content (AvgIpc) is 3.08. The van der Waals surface area contributed by atoms with E-state index < -0.39 is 51.3 Å². The minimum Gasteiger partial charge on any atom is -0.491 e. The molecule has 0 bridgehead atoms. The summed E-state index contributed by atoms with van der Waals surface area (Å²) in [5.74, 6) is -2.40. The summed E-state index contributed by atoms with van der Waals surface area (Å²) >= 11 is 1.90. The van der Waals surface area contributed by atoms with E-state index in [1.807, 2.05) is 22.6 Å². The number of benzene rings is 2. The van der Waals surface area contributed by atoms with Gasteiger partial charge in [0.05, 0.1) is 18.0 Å². The lowest BCUT2D eigenvalue weighted by molar-refractivity contribution is -0.134. The molecule has 1 saturated heterocycles. The Morgan fingerprint density at radius 2 is 1.94 bits per heavy atom. The molecule has 1 aliphatic heterocycles. The molecule has 0 unspecified atom stereocenters. The minimum absolute atomic E-state index is 0.0878. The number of carbonyl (C=O) groups excluding carboxylic acids is 3. The van der Waals surface area contributed by atoms with Gasteiger partial charge in [0.15, 0.2) is 0 Å². The Morgan fingerprint density at radius 3 is 2.54 bits per heavy atom. The van der Waals surface area contributed by atoms with Crippen LogP contribution >= 0.6 is 22.6 Å². The predicted octanol–water partition coefficient (Wildman–Crippen LogP) is 1.84. The van der Waals surface area contributed by atoms with Crippen molar-refractivity contribution in [2.45, 2.75) is 18.5 Å². The maximum absolute atomic E-state index is 14.3. The Bertz CT molecular complexity index is 1220. The molecular weight excluding hydrogens is 596 g/mol. The zero-order valence-electron chi connectivity index (χ0n) is 18.5. The quantitative estimate of drug-likeness (QED) is 0.272. The minimum atomic E-state index is -3.54. The molecule has 0 aliphatic carbocycles. The summed E-state index contributed by atoms with van der Waals surface area (Å²) in [6.07, 6.45) is 0.604. The van der Waals surface area contributed by atoms with Gasteiger partial charge in [0.25, 0.3) is 5.91 Å². The largest absolute Gasteiger partial charge is 0.491 e. The highest BCUT2D eigenvalue weighted by Gasteiger charge is 2.45. The van der Waals surface area contributed by atoms with Gasteiger partial charge in [-0.05, 0) is 64.9 Å². The number of hydrogen-bond acceptors (Lipinski definition) is 7. The summed E-state index contributed by atoms with van der Waals surface area (Å²) in [6, 6.07) is 6.81. The van der Waals surface area contributed by atoms with Crippen LogP contribution in [0.2, 0.25) is 0 Å². The fourth-order valence-corrected chi connectivity index (χ4v) is 4.55. The second-order valence-corrected chi connectivity index (χ2v) is 11.3. The topological polar surface area (TPSA) is 142 Å². The lowest BCUT2D eigenvalue weighted by Gasteiger charge is -2.24. The van der Waals surface area contributed by atoms with Gasteiger partial charge in [-0.15, -0.1) is 0 Å². The van der Waals surface area contributed by atoms with Gasteiger partial charge < -0.3 is 20.5 Å². The number of nitrogens with zero attached hydrogens (tertiary/aromatic N) is 1. The third-order valence-corrected chi connectivity index (χ3v) is 6.76. The number of amides is 4. The van der Waals surface area contributed by atoms with Crippen molar-refractivity contribution in [1.29, 1.82) is 0 Å². The first kappa shape index (κ1) is 26.8. The van der Waals surface area contributed by atoms with Gasteiger partial charge in [0.2, 0.25) is 5.91 Å². The number of nitrogens with one attached hydrogen (secondary N) is 2. The number of carbonyl (C=O) groups is 3. The van der Waals surface area contributed by atoms with Crippen molar-refractivity contribution >= 4 is 56.0 Å². The fraction of sp³-hybridized carbons (Fsp3) is 0.318. The van der Waals surface area contributed by atoms with E-state index in [2.05, 4.69) is 10.6 Å². The summed E-state index contributed by atoms with van der Waals surface area (Å²) in [6.45, 7) is -0.0819. The van der Waals surface area contributed by atoms with E-state index in [0.717, 1.165) is 6.26 Å². The second-order valence-electron chi connectivity index (χ2n) is 7.78. The van der Waals surface area contributed by atoms with Gasteiger partial charge in [0.1, 0.15) is 40.1 Å². The third kappa shape index (κ3) is 6.89. The molecular formula is C22H23FIN3O7S. The van der Waals surface area contributed by atoms with Gasteiger partial charge >= 0.3 is 6.03 Å². The van der Waals surface area contributed by atoms with E-state index in [0.29, 0.717) is 19.8 Å². The van der Waals surface area contributed by atoms with E-state index in [1.54, 1.807) is 30.3 Å². The smallest absolute Gasteiger partial charge is 0.325 e. The molecule has 13 heteroatoms. The standard InChI is InChI=1S/C22H23FIN3O7S/c1-35(32,33)11-8-18(20(29)25-17-7-4-14(24)12-16(17)23)27-21(30)19(26-22(27)31)13-2-5-15(6-3-13)34-10-9-28/h2-7,12,18-19,28H,8-11H2,1H3,(H,25,29)(H,26,31)/t18-,19+/m0/s1. The van der Waals surface area contributed by atoms with Crippen LogP contribution < -0.4 is 15.4 Å². The van der Waals surface area contributed by atoms with Crippen molar-refractivity contribution in [2.75, 3.05) is 30.5 Å². The summed E-state index contributed by atoms with van der Waals surface area (Å²) in [5.41, 5.74) is 0.245. The Morgan fingerprint density at radius 1 is 1.26 bits per heavy atom. The number of rotatable bonds is 10. The van der Waals surface area contributed by atoms with Crippen LogP contribution in [-0.4, -0.2) is 67.5 Å². The molecule has 2 atom stereocenters. The number of aliphatic hydroxyl groups excluding tert-OH is 1. The zero-order chi connectivity index (χ0) is 25.8. The van der Waals surface area contributed by atoms with Crippen LogP contribution in [0.4, 0.5) is 14.9 Å². The molecule has 1 aliphatic rings. The van der Waals surface area contributed by atoms with Crippen LogP contribution in [0.3, 0.4) is 0 Å². The van der Waals surface area contributed by atoms with Crippen LogP contribution in [-0.2, 0) is 19.4 Å². The number of ether oxygens (including phenoxy) is 1. The molecule has 0 saturated carbocycles. The number of urea groups is 1. The molecule has 35 heavy (non-hydrogen) atoms. The van der Waals surface area contributed by atoms with E-state index in [1.165, 1.54) is 12.1 Å². The molecule has 0 spiro atoms. The molecule has 188 valence electrons. The first-order valence-corrected chi connectivity index (χ1v) is 13.5. The first-order valence-electron chi connectivity index (χ1n) is 10.4. The van der Waals surface area contributed by atoms with Crippen molar-refractivity contribution in [3.8, 4) is 5.75 Å². The molecule has 2 aromatic rings. The average molecular weight is 619 g/mol. The summed E-state index contributed by atoms with van der Waals surface area (Å²) < 4.78 is 43.7. The number of halogens is 2. The molecule has 4 amide bonds. The molecule has 2 aromatic carbocycles. The lowest BCUT2D eigenvalue weighted by Crippen LogP contribution is -2.48. The van der Waals surface area contributed by atoms with Crippen molar-refractivity contribution in [2.24, 2.45) is 0 Å². The van der Waals surface area contributed by atoms with Crippen LogP contribution in [0.25, 0.3) is 0 Å². The zero-order valence-corrected chi connectivity index (χ0v) is 21.5. The van der Waals surface area contributed by atoms with Crippen molar-refractivity contribution in [3.63, 3.8) is 0 Å². The predicted molar refractivity (Wildman–Crippen MR) is 133 cm³/mol. The molecule has 3 rings (SSSR count). The van der Waals surface area contributed by atoms with E-state index in [9.17, 15) is 27.2 Å². The molecule has 1 fully saturated rings. The Labute approximate surface area is 214 Å². The van der Waals surface area contributed by atoms with E-state index in [4.69, 9.17) is 9.84 Å². The summed E-state index contributed by atoms with van der Waals surface area (Å²) in [5, 5.41) is 13.7. The number of imide groups is 1. The highest BCUT2D eigenvalue weighted by molar-refractivity contribution is 14.1. The number of aliphatic hydroxyl groups is 1. The van der Waals surface area contributed by atoms with Crippen LogP contribution in [0.5, 0.6) is 5.75 Å². The highest BCUT2D eigenvalue weighted by atomic mass is 127. The van der Waals surface area contributed by atoms with Gasteiger partial charge in [-0.1, -0.05) is 12.1 Å². The third-order valence-electron chi connectivity index (χ3n) is 5.11. The Hall–Kier alpha value is -2.78. The molecule has 1 heterocycles. The van der Waals surface area contributed by atoms with Gasteiger partial charge in [-0.25, -0.2) is 22.5 Å². The number of anilines is 1. The van der Waals surface area contributed by atoms with Crippen LogP contribution in [0.1, 0.15) is 18.0 Å². The van der Waals surface area contributed by atoms with Crippen molar-refractivity contribution in [1.82, 2.24) is 10.2 Å². The maximum atomic E-state index is 14.3. The van der Waals surface area contributed by atoms with Gasteiger partial charge in [-0.3, -0.25) is 9.59 Å². The lowest BCUT2D eigenvalue weighted by atomic mass is 10.1. The van der Waals surface area contributed by atoms with Crippen molar-refractivity contribution < 1.29 is 37.0 Å². The van der Waals surface area contributed by atoms with Gasteiger partial charge in [0, 0.05) is 9.83 Å². The Kier molecular flexibility index (Phi) is 8.66. The summed E-state index contributed by atoms with van der Waals surface area (Å²) in [4.78, 5) is 39.6. The van der Waals surface area contributed by atoms with E-state index in [-0.39, 0.29) is 25.3 Å². The maximum Gasteiger partial charge on any atom is 0.325 e. The molecule has 0 aromatic heterocycles. The monoisotopic (exact) mass is 619 g/mol. The highest BCUT2D eigenvalue weighted by Crippen LogP contribution is 2.27. The van der Waals surface area contributed by atoms with Crippen molar-refractivity contribution in [3.05, 3.63) is 57.4 Å². The van der Waals surface area contributed by atoms with Crippen LogP contribution in [0.15, 0.2) is 42.5 Å². The number of hydrogen-bond donors (Lipinski definition) is 3. The van der Waals surface area contributed by atoms with Gasteiger partial charge in [-0.2, -0.15) is 0 Å². The fourth-order valence-electron chi connectivity index (χ4n) is 3.45. The first-order chi connectivity index (χ1) is 16.5. The Balaban J connectivity index is 1.85. The molecule has 3 N–H and O–H groups in total. The van der Waals surface area contributed by atoms with Crippen LogP contribution in [0, 0.1) is 9.39 Å². The number of sulfone groups is 1. The molecule has 0 radical (unpaired) electrons. The second kappa shape index (κ2) is 11.3.